The van der Waals surface area contributed by atoms with E-state index in [4.69, 9.17) is 9.26 Å². The summed E-state index contributed by atoms with van der Waals surface area (Å²) in [4.78, 5) is 17.8. The van der Waals surface area contributed by atoms with E-state index in [1.807, 2.05) is 44.2 Å². The summed E-state index contributed by atoms with van der Waals surface area (Å²) in [5, 5.41) is 7.22. The first-order chi connectivity index (χ1) is 16.0. The number of halogens is 1. The molecular formula is C26H22FN3O3. The zero-order valence-corrected chi connectivity index (χ0v) is 18.3. The lowest BCUT2D eigenvalue weighted by Crippen LogP contribution is -2.50. The van der Waals surface area contributed by atoms with E-state index in [2.05, 4.69) is 15.5 Å². The van der Waals surface area contributed by atoms with E-state index in [0.29, 0.717) is 30.0 Å². The number of fused-ring (bicyclic) bond motifs is 1. The number of hydrogen-bond donors (Lipinski definition) is 1. The number of rotatable bonds is 4. The number of carbonyl (C=O) groups excluding carboxylic acids is 1. The van der Waals surface area contributed by atoms with Crippen LogP contribution < -0.4 is 10.1 Å². The van der Waals surface area contributed by atoms with Crippen molar-refractivity contribution in [2.24, 2.45) is 0 Å². The van der Waals surface area contributed by atoms with Crippen LogP contribution in [0.3, 0.4) is 0 Å². The van der Waals surface area contributed by atoms with Crippen molar-refractivity contribution in [3.63, 3.8) is 0 Å². The summed E-state index contributed by atoms with van der Waals surface area (Å²) >= 11 is 0. The lowest BCUT2D eigenvalue weighted by molar-refractivity contribution is 0.0883. The monoisotopic (exact) mass is 443 g/mol. The lowest BCUT2D eigenvalue weighted by atomic mass is 9.80. The van der Waals surface area contributed by atoms with Crippen molar-refractivity contribution in [3.05, 3.63) is 101 Å². The van der Waals surface area contributed by atoms with E-state index in [1.165, 1.54) is 24.3 Å². The molecule has 0 bridgehead atoms. The Morgan fingerprint density at radius 3 is 2.52 bits per heavy atom. The van der Waals surface area contributed by atoms with Crippen LogP contribution in [0.5, 0.6) is 5.75 Å². The van der Waals surface area contributed by atoms with Crippen molar-refractivity contribution in [2.75, 3.05) is 6.61 Å². The van der Waals surface area contributed by atoms with Gasteiger partial charge in [0.2, 0.25) is 0 Å². The second-order valence-corrected chi connectivity index (χ2v) is 8.09. The third-order valence-electron chi connectivity index (χ3n) is 6.04. The number of nitrogens with zero attached hydrogens (tertiary/aromatic N) is 2. The summed E-state index contributed by atoms with van der Waals surface area (Å²) in [7, 11) is 0. The molecule has 2 aromatic carbocycles. The van der Waals surface area contributed by atoms with E-state index in [-0.39, 0.29) is 5.91 Å². The van der Waals surface area contributed by atoms with Crippen LogP contribution in [0.1, 0.15) is 39.5 Å². The molecule has 0 saturated carbocycles. The fraction of sp³-hybridized carbons (Fsp3) is 0.192. The Balaban J connectivity index is 1.60. The third kappa shape index (κ3) is 3.65. The molecule has 1 N–H and O–H groups in total. The SMILES string of the molecule is Cc1noc(C)c1-c1ccc(C2(NC(=O)c3ccc(F)cc3)CCOc3cccnc32)cc1. The molecule has 5 rings (SSSR count). The maximum absolute atomic E-state index is 13.4. The first-order valence-electron chi connectivity index (χ1n) is 10.7. The fourth-order valence-electron chi connectivity index (χ4n) is 4.42. The summed E-state index contributed by atoms with van der Waals surface area (Å²) in [6.45, 7) is 4.20. The minimum absolute atomic E-state index is 0.316. The zero-order valence-electron chi connectivity index (χ0n) is 18.3. The molecule has 0 aliphatic carbocycles. The lowest BCUT2D eigenvalue weighted by Gasteiger charge is -2.39. The number of ether oxygens (including phenoxy) is 1. The summed E-state index contributed by atoms with van der Waals surface area (Å²) < 4.78 is 24.5. The van der Waals surface area contributed by atoms with Crippen LogP contribution in [-0.4, -0.2) is 22.7 Å². The van der Waals surface area contributed by atoms with Gasteiger partial charge in [-0.05, 0) is 61.4 Å². The summed E-state index contributed by atoms with van der Waals surface area (Å²) in [6, 6.07) is 17.1. The molecule has 4 aromatic rings. The number of aromatic nitrogens is 2. The van der Waals surface area contributed by atoms with Crippen molar-refractivity contribution in [1.29, 1.82) is 0 Å². The van der Waals surface area contributed by atoms with Gasteiger partial charge in [0.25, 0.3) is 5.91 Å². The van der Waals surface area contributed by atoms with Crippen LogP contribution in [0.4, 0.5) is 4.39 Å². The second kappa shape index (κ2) is 8.16. The van der Waals surface area contributed by atoms with Gasteiger partial charge >= 0.3 is 0 Å². The van der Waals surface area contributed by atoms with Crippen molar-refractivity contribution in [2.45, 2.75) is 25.8 Å². The van der Waals surface area contributed by atoms with Crippen molar-refractivity contribution in [1.82, 2.24) is 15.5 Å². The molecule has 3 heterocycles. The van der Waals surface area contributed by atoms with Crippen LogP contribution in [-0.2, 0) is 5.54 Å². The van der Waals surface area contributed by atoms with Crippen LogP contribution in [0, 0.1) is 19.7 Å². The predicted molar refractivity (Wildman–Crippen MR) is 120 cm³/mol. The van der Waals surface area contributed by atoms with Crippen molar-refractivity contribution in [3.8, 4) is 16.9 Å². The summed E-state index contributed by atoms with van der Waals surface area (Å²) in [5.74, 6) is 0.660. The highest BCUT2D eigenvalue weighted by Crippen LogP contribution is 2.41. The number of pyridine rings is 1. The minimum atomic E-state index is -0.905. The van der Waals surface area contributed by atoms with Gasteiger partial charge in [-0.15, -0.1) is 0 Å². The predicted octanol–water partition coefficient (Wildman–Crippen LogP) is 4.95. The topological polar surface area (TPSA) is 77.2 Å². The molecule has 33 heavy (non-hydrogen) atoms. The third-order valence-corrected chi connectivity index (χ3v) is 6.04. The van der Waals surface area contributed by atoms with Gasteiger partial charge in [0.05, 0.1) is 12.3 Å². The van der Waals surface area contributed by atoms with Crippen LogP contribution in [0.25, 0.3) is 11.1 Å². The van der Waals surface area contributed by atoms with E-state index in [1.54, 1.807) is 12.3 Å². The number of hydrogen-bond acceptors (Lipinski definition) is 5. The van der Waals surface area contributed by atoms with Crippen LogP contribution in [0.2, 0.25) is 0 Å². The Kier molecular flexibility index (Phi) is 5.17. The second-order valence-electron chi connectivity index (χ2n) is 8.09. The maximum atomic E-state index is 13.4. The van der Waals surface area contributed by atoms with Gasteiger partial charge in [-0.2, -0.15) is 0 Å². The number of amides is 1. The molecule has 0 saturated heterocycles. The first-order valence-corrected chi connectivity index (χ1v) is 10.7. The highest BCUT2D eigenvalue weighted by molar-refractivity contribution is 5.95. The van der Waals surface area contributed by atoms with Crippen molar-refractivity contribution >= 4 is 5.91 Å². The Morgan fingerprint density at radius 1 is 1.06 bits per heavy atom. The van der Waals surface area contributed by atoms with Crippen molar-refractivity contribution < 1.29 is 18.4 Å². The van der Waals surface area contributed by atoms with E-state index >= 15 is 0 Å². The molecular weight excluding hydrogens is 421 g/mol. The Bertz CT molecular complexity index is 1300. The molecule has 2 aromatic heterocycles. The Morgan fingerprint density at radius 2 is 1.82 bits per heavy atom. The first kappa shape index (κ1) is 20.9. The number of benzene rings is 2. The van der Waals surface area contributed by atoms with Gasteiger partial charge in [0, 0.05) is 23.7 Å². The smallest absolute Gasteiger partial charge is 0.252 e. The van der Waals surface area contributed by atoms with E-state index in [9.17, 15) is 9.18 Å². The standard InChI is InChI=1S/C26H22FN3O3/c1-16-23(17(2)33-30-16)18-5-9-20(10-6-18)26(13-15-32-22-4-3-14-28-24(22)26)29-25(31)19-7-11-21(27)12-8-19/h3-12,14H,13,15H2,1-2H3,(H,29,31). The summed E-state index contributed by atoms with van der Waals surface area (Å²) in [5.41, 5.74) is 3.72. The largest absolute Gasteiger partial charge is 0.491 e. The number of aryl methyl sites for hydroxylation is 2. The highest BCUT2D eigenvalue weighted by Gasteiger charge is 2.42. The molecule has 1 aliphatic rings. The van der Waals surface area contributed by atoms with Crippen LogP contribution in [0.15, 0.2) is 71.4 Å². The zero-order chi connectivity index (χ0) is 23.0. The van der Waals surface area contributed by atoms with E-state index in [0.717, 1.165) is 28.1 Å². The van der Waals surface area contributed by atoms with Gasteiger partial charge in [-0.1, -0.05) is 29.4 Å². The Labute approximate surface area is 190 Å². The molecule has 0 fully saturated rings. The molecule has 166 valence electrons. The normalized spacial score (nSPS) is 17.2. The molecule has 1 amide bonds. The maximum Gasteiger partial charge on any atom is 0.252 e. The van der Waals surface area contributed by atoms with Gasteiger partial charge in [0.1, 0.15) is 28.6 Å². The van der Waals surface area contributed by atoms with Crippen LogP contribution >= 0.6 is 0 Å². The molecule has 0 spiro atoms. The Hall–Kier alpha value is -4.00. The minimum Gasteiger partial charge on any atom is -0.491 e. The number of nitrogens with one attached hydrogen (secondary N) is 1. The molecule has 1 unspecified atom stereocenters. The fourth-order valence-corrected chi connectivity index (χ4v) is 4.42. The van der Waals surface area contributed by atoms with Gasteiger partial charge in [-0.3, -0.25) is 9.78 Å². The molecule has 6 nitrogen and oxygen atoms in total. The quantitative estimate of drug-likeness (QED) is 0.483. The van der Waals surface area contributed by atoms with Gasteiger partial charge < -0.3 is 14.6 Å². The molecule has 7 heteroatoms. The van der Waals surface area contributed by atoms with E-state index < -0.39 is 11.4 Å². The van der Waals surface area contributed by atoms with Gasteiger partial charge in [0.15, 0.2) is 0 Å². The molecule has 1 atom stereocenters. The molecule has 0 radical (unpaired) electrons. The summed E-state index contributed by atoms with van der Waals surface area (Å²) in [6.07, 6.45) is 2.18. The average molecular weight is 443 g/mol. The number of carbonyl (C=O) groups is 1. The average Bonchev–Trinajstić information content (AvgIpc) is 3.17. The molecule has 1 aliphatic heterocycles. The highest BCUT2D eigenvalue weighted by atomic mass is 19.1. The van der Waals surface area contributed by atoms with Gasteiger partial charge in [-0.25, -0.2) is 4.39 Å².